The van der Waals surface area contributed by atoms with Gasteiger partial charge in [-0.25, -0.2) is 13.8 Å². The van der Waals surface area contributed by atoms with Gasteiger partial charge in [-0.1, -0.05) is 6.07 Å². The van der Waals surface area contributed by atoms with Gasteiger partial charge in [-0.05, 0) is 31.5 Å². The zero-order valence-corrected chi connectivity index (χ0v) is 15.4. The molecule has 0 spiro atoms. The molecule has 8 heteroatoms. The summed E-state index contributed by atoms with van der Waals surface area (Å²) in [4.78, 5) is 21.5. The van der Waals surface area contributed by atoms with Crippen molar-refractivity contribution in [3.05, 3.63) is 58.2 Å². The van der Waals surface area contributed by atoms with E-state index in [0.29, 0.717) is 25.2 Å². The largest absolute Gasteiger partial charge is 0.365 e. The third-order valence-corrected chi connectivity index (χ3v) is 5.39. The Kier molecular flexibility index (Phi) is 4.65. The third-order valence-electron chi connectivity index (χ3n) is 4.62. The monoisotopic (exact) mass is 388 g/mol. The molecule has 2 aromatic heterocycles. The predicted molar refractivity (Wildman–Crippen MR) is 101 cm³/mol. The zero-order chi connectivity index (χ0) is 19.0. The predicted octanol–water partition coefficient (Wildman–Crippen LogP) is 3.73. The van der Waals surface area contributed by atoms with Gasteiger partial charge in [0.2, 0.25) is 0 Å². The number of hydrogen-bond donors (Lipinski definition) is 2. The molecule has 0 saturated carbocycles. The Morgan fingerprint density at radius 3 is 2.85 bits per heavy atom. The van der Waals surface area contributed by atoms with Crippen LogP contribution in [-0.2, 0) is 0 Å². The lowest BCUT2D eigenvalue weighted by Gasteiger charge is -2.20. The minimum Gasteiger partial charge on any atom is -0.365 e. The number of aromatic amines is 1. The number of rotatable bonds is 4. The van der Waals surface area contributed by atoms with Crippen LogP contribution in [0.25, 0.3) is 11.3 Å². The van der Waals surface area contributed by atoms with E-state index in [-0.39, 0.29) is 17.6 Å². The average molecular weight is 388 g/mol. The lowest BCUT2D eigenvalue weighted by atomic mass is 10.2. The van der Waals surface area contributed by atoms with Gasteiger partial charge in [0.1, 0.15) is 23.0 Å². The van der Waals surface area contributed by atoms with Crippen molar-refractivity contribution in [1.29, 1.82) is 0 Å². The smallest absolute Gasteiger partial charge is 0.267 e. The number of aromatic nitrogens is 2. The fourth-order valence-electron chi connectivity index (χ4n) is 3.30. The molecule has 1 atom stereocenters. The number of hydrogen-bond acceptors (Lipinski definition) is 4. The molecule has 2 N–H and O–H groups in total. The van der Waals surface area contributed by atoms with Gasteiger partial charge < -0.3 is 15.2 Å². The standard InChI is InChI=1S/C19H18F2N4OS/c1-11-23-17(10-27-11)12-7-16(22-8-12)19(26)24-13-5-6-25(9-13)18-14(20)3-2-4-15(18)21/h2-4,7-8,10,13,22H,5-6,9H2,1H3,(H,24,26). The molecule has 1 aromatic carbocycles. The number of amides is 1. The summed E-state index contributed by atoms with van der Waals surface area (Å²) in [6.45, 7) is 2.78. The Hall–Kier alpha value is -2.74. The first-order valence-electron chi connectivity index (χ1n) is 8.62. The van der Waals surface area contributed by atoms with Crippen molar-refractivity contribution in [2.24, 2.45) is 0 Å². The number of carbonyl (C=O) groups excluding carboxylic acids is 1. The SMILES string of the molecule is Cc1nc(-c2c[nH]c(C(=O)NC3CCN(c4c(F)cccc4F)C3)c2)cs1. The van der Waals surface area contributed by atoms with Crippen molar-refractivity contribution < 1.29 is 13.6 Å². The van der Waals surface area contributed by atoms with E-state index in [1.807, 2.05) is 12.3 Å². The van der Waals surface area contributed by atoms with Crippen molar-refractivity contribution in [2.45, 2.75) is 19.4 Å². The van der Waals surface area contributed by atoms with Crippen molar-refractivity contribution in [3.63, 3.8) is 0 Å². The van der Waals surface area contributed by atoms with Crippen LogP contribution < -0.4 is 10.2 Å². The van der Waals surface area contributed by atoms with Crippen LogP contribution in [0.15, 0.2) is 35.8 Å². The van der Waals surface area contributed by atoms with E-state index < -0.39 is 11.6 Å². The summed E-state index contributed by atoms with van der Waals surface area (Å²) in [6.07, 6.45) is 2.37. The maximum absolute atomic E-state index is 13.9. The number of benzene rings is 1. The van der Waals surface area contributed by atoms with Gasteiger partial charge in [0.25, 0.3) is 5.91 Å². The molecule has 0 bridgehead atoms. The number of para-hydroxylation sites is 1. The number of anilines is 1. The van der Waals surface area contributed by atoms with Crippen LogP contribution in [-0.4, -0.2) is 35.0 Å². The number of carbonyl (C=O) groups is 1. The van der Waals surface area contributed by atoms with E-state index in [4.69, 9.17) is 0 Å². The molecule has 0 aliphatic carbocycles. The molecule has 1 saturated heterocycles. The number of nitrogens with one attached hydrogen (secondary N) is 2. The second-order valence-electron chi connectivity index (χ2n) is 6.53. The lowest BCUT2D eigenvalue weighted by Crippen LogP contribution is -2.37. The molecule has 1 fully saturated rings. The first kappa shape index (κ1) is 17.7. The molecule has 1 aliphatic heterocycles. The fourth-order valence-corrected chi connectivity index (χ4v) is 3.93. The van der Waals surface area contributed by atoms with Crippen LogP contribution in [0.4, 0.5) is 14.5 Å². The summed E-state index contributed by atoms with van der Waals surface area (Å²) in [5, 5.41) is 5.83. The summed E-state index contributed by atoms with van der Waals surface area (Å²) >= 11 is 1.55. The highest BCUT2D eigenvalue weighted by Crippen LogP contribution is 2.27. The van der Waals surface area contributed by atoms with E-state index in [9.17, 15) is 13.6 Å². The maximum Gasteiger partial charge on any atom is 0.267 e. The van der Waals surface area contributed by atoms with Gasteiger partial charge in [0.15, 0.2) is 0 Å². The molecule has 1 aliphatic rings. The van der Waals surface area contributed by atoms with Crippen LogP contribution >= 0.6 is 11.3 Å². The summed E-state index contributed by atoms with van der Waals surface area (Å²) in [5.41, 5.74) is 2.09. The van der Waals surface area contributed by atoms with E-state index in [0.717, 1.165) is 16.3 Å². The maximum atomic E-state index is 13.9. The first-order chi connectivity index (χ1) is 13.0. The van der Waals surface area contributed by atoms with Crippen LogP contribution in [0, 0.1) is 18.6 Å². The van der Waals surface area contributed by atoms with Gasteiger partial charge >= 0.3 is 0 Å². The molecule has 4 rings (SSSR count). The number of thiazole rings is 1. The highest BCUT2D eigenvalue weighted by atomic mass is 32.1. The number of aryl methyl sites for hydroxylation is 1. The Bertz CT molecular complexity index is 964. The van der Waals surface area contributed by atoms with Crippen LogP contribution in [0.5, 0.6) is 0 Å². The topological polar surface area (TPSA) is 61.0 Å². The van der Waals surface area contributed by atoms with Gasteiger partial charge in [0.05, 0.1) is 10.7 Å². The number of halogens is 2. The number of H-pyrrole nitrogens is 1. The van der Waals surface area contributed by atoms with E-state index in [2.05, 4.69) is 15.3 Å². The highest BCUT2D eigenvalue weighted by molar-refractivity contribution is 7.09. The van der Waals surface area contributed by atoms with Gasteiger partial charge in [-0.2, -0.15) is 0 Å². The number of nitrogens with zero attached hydrogens (tertiary/aromatic N) is 2. The molecule has 27 heavy (non-hydrogen) atoms. The summed E-state index contributed by atoms with van der Waals surface area (Å²) < 4.78 is 27.9. The van der Waals surface area contributed by atoms with Gasteiger partial charge in [-0.3, -0.25) is 4.79 Å². The molecule has 3 heterocycles. The summed E-state index contributed by atoms with van der Waals surface area (Å²) in [7, 11) is 0. The van der Waals surface area contributed by atoms with E-state index in [1.54, 1.807) is 28.5 Å². The normalized spacial score (nSPS) is 16.7. The molecular formula is C19H18F2N4OS. The molecule has 1 amide bonds. The van der Waals surface area contributed by atoms with Crippen molar-refractivity contribution in [2.75, 3.05) is 18.0 Å². The van der Waals surface area contributed by atoms with Crippen LogP contribution in [0.1, 0.15) is 21.9 Å². The van der Waals surface area contributed by atoms with Crippen molar-refractivity contribution in [1.82, 2.24) is 15.3 Å². The molecule has 3 aromatic rings. The Balaban J connectivity index is 1.42. The van der Waals surface area contributed by atoms with Crippen LogP contribution in [0.3, 0.4) is 0 Å². The molecular weight excluding hydrogens is 370 g/mol. The Labute approximate surface area is 159 Å². The van der Waals surface area contributed by atoms with Crippen molar-refractivity contribution >= 4 is 22.9 Å². The quantitative estimate of drug-likeness (QED) is 0.716. The highest BCUT2D eigenvalue weighted by Gasteiger charge is 2.28. The second-order valence-corrected chi connectivity index (χ2v) is 7.59. The van der Waals surface area contributed by atoms with E-state index in [1.165, 1.54) is 18.2 Å². The summed E-state index contributed by atoms with van der Waals surface area (Å²) in [5.74, 6) is -1.42. The minimum atomic E-state index is -0.588. The third kappa shape index (κ3) is 3.57. The zero-order valence-electron chi connectivity index (χ0n) is 14.6. The fraction of sp³-hybridized carbons (Fsp3) is 0.263. The molecule has 5 nitrogen and oxygen atoms in total. The molecule has 1 unspecified atom stereocenters. The second kappa shape index (κ2) is 7.11. The Morgan fingerprint density at radius 1 is 1.37 bits per heavy atom. The molecule has 0 radical (unpaired) electrons. The summed E-state index contributed by atoms with van der Waals surface area (Å²) in [6, 6.07) is 5.41. The average Bonchev–Trinajstić information content (AvgIpc) is 3.35. The van der Waals surface area contributed by atoms with E-state index >= 15 is 0 Å². The Morgan fingerprint density at radius 2 is 2.15 bits per heavy atom. The molecule has 140 valence electrons. The van der Waals surface area contributed by atoms with Gasteiger partial charge in [0, 0.05) is 36.3 Å². The van der Waals surface area contributed by atoms with Crippen molar-refractivity contribution in [3.8, 4) is 11.3 Å². The van der Waals surface area contributed by atoms with Crippen LogP contribution in [0.2, 0.25) is 0 Å². The minimum absolute atomic E-state index is 0.0321. The lowest BCUT2D eigenvalue weighted by molar-refractivity contribution is 0.0936. The first-order valence-corrected chi connectivity index (χ1v) is 9.50. The van der Waals surface area contributed by atoms with Gasteiger partial charge in [-0.15, -0.1) is 11.3 Å².